The monoisotopic (exact) mass is 378 g/mol. The van der Waals surface area contributed by atoms with Crippen molar-refractivity contribution in [1.82, 2.24) is 5.32 Å². The number of para-hydroxylation sites is 1. The van der Waals surface area contributed by atoms with Crippen molar-refractivity contribution < 1.29 is 13.9 Å². The summed E-state index contributed by atoms with van der Waals surface area (Å²) in [4.78, 5) is 12.1. The number of hydrogen-bond donors (Lipinski definition) is 2. The zero-order valence-electron chi connectivity index (χ0n) is 16.1. The number of carbonyl (C=O) groups excluding carboxylic acids is 1. The summed E-state index contributed by atoms with van der Waals surface area (Å²) in [6.07, 6.45) is 2.77. The molecule has 0 radical (unpaired) electrons. The minimum Gasteiger partial charge on any atom is -0.493 e. The lowest BCUT2D eigenvalue weighted by molar-refractivity contribution is -0.116. The third-order valence-corrected chi connectivity index (χ3v) is 4.35. The fraction of sp³-hybridized carbons (Fsp3) is 0.261. The van der Waals surface area contributed by atoms with Gasteiger partial charge in [0.25, 0.3) is 0 Å². The maximum atomic E-state index is 12.1. The Labute approximate surface area is 165 Å². The number of amides is 1. The quantitative estimate of drug-likeness (QED) is 0.503. The molecule has 2 aromatic carbocycles. The van der Waals surface area contributed by atoms with Gasteiger partial charge in [-0.15, -0.1) is 0 Å². The molecular formula is C23H26N2O3. The largest absolute Gasteiger partial charge is 0.493 e. The number of anilines is 1. The number of hydrogen-bond acceptors (Lipinski definition) is 4. The molecule has 146 valence electrons. The molecule has 5 nitrogen and oxygen atoms in total. The average Bonchev–Trinajstić information content (AvgIpc) is 3.21. The molecule has 28 heavy (non-hydrogen) atoms. The Morgan fingerprint density at radius 3 is 2.57 bits per heavy atom. The fourth-order valence-electron chi connectivity index (χ4n) is 2.81. The van der Waals surface area contributed by atoms with Crippen LogP contribution in [0, 0.1) is 6.92 Å². The average molecular weight is 378 g/mol. The zero-order chi connectivity index (χ0) is 19.6. The summed E-state index contributed by atoms with van der Waals surface area (Å²) in [5, 5.41) is 6.25. The van der Waals surface area contributed by atoms with Crippen LogP contribution in [0.15, 0.2) is 71.3 Å². The van der Waals surface area contributed by atoms with Crippen LogP contribution in [-0.2, 0) is 17.9 Å². The van der Waals surface area contributed by atoms with Crippen LogP contribution in [0.2, 0.25) is 0 Å². The number of furan rings is 1. The maximum absolute atomic E-state index is 12.1. The standard InChI is InChI=1S/C23H26N2O3/c1-18-6-2-3-8-22(18)28-15-5-9-23(26)25-20-12-10-19(11-13-20)16-24-17-21-7-4-14-27-21/h2-4,6-8,10-14,24H,5,9,15-17H2,1H3,(H,25,26). The topological polar surface area (TPSA) is 63.5 Å². The lowest BCUT2D eigenvalue weighted by Crippen LogP contribution is -2.14. The van der Waals surface area contributed by atoms with Crippen LogP contribution in [0.3, 0.4) is 0 Å². The molecule has 0 saturated carbocycles. The molecule has 1 amide bonds. The predicted molar refractivity (Wildman–Crippen MR) is 110 cm³/mol. The first-order valence-corrected chi connectivity index (χ1v) is 9.51. The van der Waals surface area contributed by atoms with E-state index >= 15 is 0 Å². The molecule has 0 aliphatic heterocycles. The van der Waals surface area contributed by atoms with Crippen molar-refractivity contribution in [3.8, 4) is 5.75 Å². The summed E-state index contributed by atoms with van der Waals surface area (Å²) < 4.78 is 11.0. The molecule has 0 saturated heterocycles. The smallest absolute Gasteiger partial charge is 0.224 e. The van der Waals surface area contributed by atoms with Gasteiger partial charge in [0.2, 0.25) is 5.91 Å². The second-order valence-electron chi connectivity index (χ2n) is 6.65. The van der Waals surface area contributed by atoms with Crippen LogP contribution in [0.4, 0.5) is 5.69 Å². The third-order valence-electron chi connectivity index (χ3n) is 4.35. The highest BCUT2D eigenvalue weighted by Crippen LogP contribution is 2.16. The van der Waals surface area contributed by atoms with Gasteiger partial charge < -0.3 is 19.8 Å². The molecule has 0 unspecified atom stereocenters. The van der Waals surface area contributed by atoms with E-state index in [1.165, 1.54) is 0 Å². The molecule has 0 atom stereocenters. The Kier molecular flexibility index (Phi) is 7.27. The molecule has 0 aliphatic carbocycles. The number of ether oxygens (including phenoxy) is 1. The van der Waals surface area contributed by atoms with E-state index in [1.54, 1.807) is 6.26 Å². The number of aryl methyl sites for hydroxylation is 1. The minimum atomic E-state index is -0.00271. The summed E-state index contributed by atoms with van der Waals surface area (Å²) in [6.45, 7) is 3.97. The van der Waals surface area contributed by atoms with Gasteiger partial charge in [0.1, 0.15) is 11.5 Å². The van der Waals surface area contributed by atoms with E-state index in [-0.39, 0.29) is 5.91 Å². The van der Waals surface area contributed by atoms with E-state index in [0.29, 0.717) is 26.0 Å². The van der Waals surface area contributed by atoms with Crippen molar-refractivity contribution in [3.05, 3.63) is 83.8 Å². The molecular weight excluding hydrogens is 352 g/mol. The van der Waals surface area contributed by atoms with Gasteiger partial charge in [-0.1, -0.05) is 30.3 Å². The number of nitrogens with one attached hydrogen (secondary N) is 2. The summed E-state index contributed by atoms with van der Waals surface area (Å²) in [5.74, 6) is 1.78. The zero-order valence-corrected chi connectivity index (χ0v) is 16.1. The number of benzene rings is 2. The number of rotatable bonds is 10. The second kappa shape index (κ2) is 10.3. The van der Waals surface area contributed by atoms with Crippen molar-refractivity contribution in [2.24, 2.45) is 0 Å². The Hall–Kier alpha value is -3.05. The van der Waals surface area contributed by atoms with E-state index in [2.05, 4.69) is 10.6 Å². The number of carbonyl (C=O) groups is 1. The van der Waals surface area contributed by atoms with Crippen molar-refractivity contribution in [2.75, 3.05) is 11.9 Å². The highest BCUT2D eigenvalue weighted by atomic mass is 16.5. The summed E-state index contributed by atoms with van der Waals surface area (Å²) in [5.41, 5.74) is 3.06. The summed E-state index contributed by atoms with van der Waals surface area (Å²) in [6, 6.07) is 19.6. The van der Waals surface area contributed by atoms with Crippen molar-refractivity contribution in [3.63, 3.8) is 0 Å². The van der Waals surface area contributed by atoms with Crippen LogP contribution in [0.5, 0.6) is 5.75 Å². The van der Waals surface area contributed by atoms with Gasteiger partial charge in [-0.2, -0.15) is 0 Å². The van der Waals surface area contributed by atoms with Gasteiger partial charge in [0.05, 0.1) is 19.4 Å². The Balaban J connectivity index is 1.34. The highest BCUT2D eigenvalue weighted by molar-refractivity contribution is 5.90. The summed E-state index contributed by atoms with van der Waals surface area (Å²) >= 11 is 0. The molecule has 1 heterocycles. The van der Waals surface area contributed by atoms with Crippen LogP contribution < -0.4 is 15.4 Å². The van der Waals surface area contributed by atoms with Gasteiger partial charge in [0, 0.05) is 18.7 Å². The molecule has 0 spiro atoms. The van der Waals surface area contributed by atoms with E-state index in [0.717, 1.165) is 34.9 Å². The Morgan fingerprint density at radius 1 is 1.00 bits per heavy atom. The minimum absolute atomic E-state index is 0.00271. The predicted octanol–water partition coefficient (Wildman–Crippen LogP) is 4.68. The summed E-state index contributed by atoms with van der Waals surface area (Å²) in [7, 11) is 0. The molecule has 1 aromatic heterocycles. The van der Waals surface area contributed by atoms with E-state index < -0.39 is 0 Å². The Morgan fingerprint density at radius 2 is 1.82 bits per heavy atom. The van der Waals surface area contributed by atoms with Gasteiger partial charge in [-0.05, 0) is 54.8 Å². The molecule has 3 rings (SSSR count). The SMILES string of the molecule is Cc1ccccc1OCCCC(=O)Nc1ccc(CNCc2ccco2)cc1. The van der Waals surface area contributed by atoms with E-state index in [9.17, 15) is 4.79 Å². The van der Waals surface area contributed by atoms with Crippen LogP contribution in [-0.4, -0.2) is 12.5 Å². The van der Waals surface area contributed by atoms with E-state index in [4.69, 9.17) is 9.15 Å². The lowest BCUT2D eigenvalue weighted by atomic mass is 10.2. The van der Waals surface area contributed by atoms with Crippen molar-refractivity contribution in [2.45, 2.75) is 32.9 Å². The molecule has 0 aliphatic rings. The fourth-order valence-corrected chi connectivity index (χ4v) is 2.81. The first-order valence-electron chi connectivity index (χ1n) is 9.51. The molecule has 3 aromatic rings. The molecule has 5 heteroatoms. The normalized spacial score (nSPS) is 10.6. The van der Waals surface area contributed by atoms with Crippen LogP contribution in [0.1, 0.15) is 29.7 Å². The highest BCUT2D eigenvalue weighted by Gasteiger charge is 2.04. The van der Waals surface area contributed by atoms with Crippen LogP contribution >= 0.6 is 0 Å². The Bertz CT molecular complexity index is 858. The molecule has 0 fully saturated rings. The third kappa shape index (κ3) is 6.28. The van der Waals surface area contributed by atoms with Crippen molar-refractivity contribution >= 4 is 11.6 Å². The first kappa shape index (κ1) is 19.7. The maximum Gasteiger partial charge on any atom is 0.224 e. The van der Waals surface area contributed by atoms with Gasteiger partial charge >= 0.3 is 0 Å². The van der Waals surface area contributed by atoms with E-state index in [1.807, 2.05) is 67.6 Å². The molecule has 0 bridgehead atoms. The first-order chi connectivity index (χ1) is 13.7. The van der Waals surface area contributed by atoms with Crippen molar-refractivity contribution in [1.29, 1.82) is 0 Å². The molecule has 2 N–H and O–H groups in total. The van der Waals surface area contributed by atoms with Gasteiger partial charge in [-0.25, -0.2) is 0 Å². The lowest BCUT2D eigenvalue weighted by Gasteiger charge is -2.09. The van der Waals surface area contributed by atoms with Gasteiger partial charge in [0.15, 0.2) is 0 Å². The van der Waals surface area contributed by atoms with Gasteiger partial charge in [-0.3, -0.25) is 4.79 Å². The second-order valence-corrected chi connectivity index (χ2v) is 6.65. The van der Waals surface area contributed by atoms with Crippen LogP contribution in [0.25, 0.3) is 0 Å².